The lowest BCUT2D eigenvalue weighted by Crippen LogP contribution is -2.16. The summed E-state index contributed by atoms with van der Waals surface area (Å²) in [5, 5.41) is 8.56. The fraction of sp³-hybridized carbons (Fsp3) is 0.692. The number of rotatable bonds is 9. The number of aliphatic carboxylic acids is 1. The second kappa shape index (κ2) is 8.79. The van der Waals surface area contributed by atoms with Crippen LogP contribution in [0.2, 0.25) is 0 Å². The fourth-order valence-electron chi connectivity index (χ4n) is 1.43. The van der Waals surface area contributed by atoms with Gasteiger partial charge in [0.05, 0.1) is 12.5 Å². The van der Waals surface area contributed by atoms with Gasteiger partial charge in [-0.2, -0.15) is 0 Å². The van der Waals surface area contributed by atoms with E-state index in [1.54, 1.807) is 0 Å². The lowest BCUT2D eigenvalue weighted by atomic mass is 10.1. The predicted octanol–water partition coefficient (Wildman–Crippen LogP) is 2.92. The van der Waals surface area contributed by atoms with Crippen LogP contribution in [0.25, 0.3) is 0 Å². The third-order valence-corrected chi connectivity index (χ3v) is 2.46. The molecule has 0 fully saturated rings. The van der Waals surface area contributed by atoms with Crippen molar-refractivity contribution in [3.05, 3.63) is 12.2 Å². The van der Waals surface area contributed by atoms with Crippen molar-refractivity contribution in [3.8, 4) is 0 Å². The predicted molar refractivity (Wildman–Crippen MR) is 65.7 cm³/mol. The number of carbonyl (C=O) groups excluding carboxylic acids is 1. The van der Waals surface area contributed by atoms with E-state index in [2.05, 4.69) is 13.5 Å². The summed E-state index contributed by atoms with van der Waals surface area (Å²) >= 11 is 0. The van der Waals surface area contributed by atoms with Gasteiger partial charge in [-0.05, 0) is 19.8 Å². The van der Waals surface area contributed by atoms with Crippen molar-refractivity contribution in [2.75, 3.05) is 0 Å². The highest BCUT2D eigenvalue weighted by molar-refractivity contribution is 5.91. The first-order chi connectivity index (χ1) is 7.97. The van der Waals surface area contributed by atoms with Crippen LogP contribution in [0.4, 0.5) is 0 Å². The molecule has 0 aromatic rings. The quantitative estimate of drug-likeness (QED) is 0.383. The number of unbranched alkanes of at least 4 members (excludes halogenated alkanes) is 3. The first kappa shape index (κ1) is 15.7. The summed E-state index contributed by atoms with van der Waals surface area (Å²) in [6, 6.07) is 0. The van der Waals surface area contributed by atoms with Crippen LogP contribution >= 0.6 is 0 Å². The molecule has 0 amide bonds. The van der Waals surface area contributed by atoms with E-state index in [0.29, 0.717) is 0 Å². The molecule has 0 aliphatic rings. The van der Waals surface area contributed by atoms with E-state index in [1.807, 2.05) is 6.92 Å². The molecule has 0 radical (unpaired) electrons. The van der Waals surface area contributed by atoms with E-state index >= 15 is 0 Å². The first-order valence-corrected chi connectivity index (χ1v) is 6.08. The highest BCUT2D eigenvalue weighted by Gasteiger charge is 2.14. The Bertz CT molecular complexity index is 271. The maximum absolute atomic E-state index is 11.3. The van der Waals surface area contributed by atoms with E-state index in [4.69, 9.17) is 9.84 Å². The highest BCUT2D eigenvalue weighted by atomic mass is 16.5. The molecule has 4 nitrogen and oxygen atoms in total. The molecular formula is C13H22O4. The molecule has 0 aliphatic heterocycles. The van der Waals surface area contributed by atoms with E-state index in [1.165, 1.54) is 12.8 Å². The van der Waals surface area contributed by atoms with Crippen LogP contribution in [0.3, 0.4) is 0 Å². The second-order valence-corrected chi connectivity index (χ2v) is 4.24. The number of carbonyl (C=O) groups is 2. The molecule has 4 heteroatoms. The Labute approximate surface area is 103 Å². The van der Waals surface area contributed by atoms with Gasteiger partial charge >= 0.3 is 11.9 Å². The van der Waals surface area contributed by atoms with Gasteiger partial charge in [0.15, 0.2) is 0 Å². The van der Waals surface area contributed by atoms with Crippen LogP contribution in [-0.2, 0) is 14.3 Å². The molecular weight excluding hydrogens is 220 g/mol. The van der Waals surface area contributed by atoms with Crippen LogP contribution in [0, 0.1) is 0 Å². The van der Waals surface area contributed by atoms with Gasteiger partial charge in [-0.15, -0.1) is 0 Å². The lowest BCUT2D eigenvalue weighted by molar-refractivity contribution is -0.149. The second-order valence-electron chi connectivity index (χ2n) is 4.24. The van der Waals surface area contributed by atoms with Crippen LogP contribution in [0.1, 0.15) is 52.4 Å². The Morgan fingerprint density at radius 2 is 1.94 bits per heavy atom. The van der Waals surface area contributed by atoms with Gasteiger partial charge in [0.2, 0.25) is 0 Å². The Balaban J connectivity index is 3.72. The SMILES string of the molecule is C=C(CC(=O)O[C@@H](C)CCCCCC)C(=O)O. The number of carboxylic acid groups (broad SMARTS) is 1. The van der Waals surface area contributed by atoms with Crippen molar-refractivity contribution in [1.29, 1.82) is 0 Å². The van der Waals surface area contributed by atoms with Gasteiger partial charge < -0.3 is 9.84 Å². The topological polar surface area (TPSA) is 63.6 Å². The largest absolute Gasteiger partial charge is 0.478 e. The summed E-state index contributed by atoms with van der Waals surface area (Å²) in [4.78, 5) is 21.8. The molecule has 1 N–H and O–H groups in total. The van der Waals surface area contributed by atoms with Crippen molar-refractivity contribution in [2.45, 2.75) is 58.5 Å². The van der Waals surface area contributed by atoms with Crippen LogP contribution in [0.5, 0.6) is 0 Å². The van der Waals surface area contributed by atoms with Crippen molar-refractivity contribution in [1.82, 2.24) is 0 Å². The molecule has 0 aromatic carbocycles. The zero-order valence-electron chi connectivity index (χ0n) is 10.7. The maximum Gasteiger partial charge on any atom is 0.331 e. The smallest absolute Gasteiger partial charge is 0.331 e. The molecule has 0 bridgehead atoms. The molecule has 0 heterocycles. The van der Waals surface area contributed by atoms with E-state index < -0.39 is 11.9 Å². The Hall–Kier alpha value is -1.32. The minimum atomic E-state index is -1.16. The molecule has 0 saturated heterocycles. The average Bonchev–Trinajstić information content (AvgIpc) is 2.24. The molecule has 0 saturated carbocycles. The summed E-state index contributed by atoms with van der Waals surface area (Å²) in [5.41, 5.74) is -0.131. The molecule has 0 spiro atoms. The third kappa shape index (κ3) is 8.48. The van der Waals surface area contributed by atoms with Gasteiger partial charge in [-0.25, -0.2) is 4.79 Å². The Morgan fingerprint density at radius 3 is 2.47 bits per heavy atom. The number of esters is 1. The Morgan fingerprint density at radius 1 is 1.29 bits per heavy atom. The fourth-order valence-corrected chi connectivity index (χ4v) is 1.43. The van der Waals surface area contributed by atoms with E-state index in [9.17, 15) is 9.59 Å². The van der Waals surface area contributed by atoms with Gasteiger partial charge in [-0.3, -0.25) is 4.79 Å². The molecule has 0 aromatic heterocycles. The summed E-state index contributed by atoms with van der Waals surface area (Å²) < 4.78 is 5.09. The number of hydrogen-bond acceptors (Lipinski definition) is 3. The van der Waals surface area contributed by atoms with Crippen molar-refractivity contribution in [3.63, 3.8) is 0 Å². The molecule has 0 aliphatic carbocycles. The first-order valence-electron chi connectivity index (χ1n) is 6.08. The summed E-state index contributed by atoms with van der Waals surface area (Å²) in [6.07, 6.45) is 4.96. The zero-order valence-corrected chi connectivity index (χ0v) is 10.7. The maximum atomic E-state index is 11.3. The molecule has 0 unspecified atom stereocenters. The van der Waals surface area contributed by atoms with Gasteiger partial charge in [0.1, 0.15) is 0 Å². The normalized spacial score (nSPS) is 11.9. The van der Waals surface area contributed by atoms with Crippen LogP contribution in [0.15, 0.2) is 12.2 Å². The average molecular weight is 242 g/mol. The van der Waals surface area contributed by atoms with Gasteiger partial charge in [0, 0.05) is 5.57 Å². The van der Waals surface area contributed by atoms with Crippen molar-refractivity contribution >= 4 is 11.9 Å². The lowest BCUT2D eigenvalue weighted by Gasteiger charge is -2.12. The number of carboxylic acids is 1. The third-order valence-electron chi connectivity index (χ3n) is 2.46. The van der Waals surface area contributed by atoms with E-state index in [-0.39, 0.29) is 18.1 Å². The van der Waals surface area contributed by atoms with Crippen molar-refractivity contribution < 1.29 is 19.4 Å². The van der Waals surface area contributed by atoms with Gasteiger partial charge in [0.25, 0.3) is 0 Å². The summed E-state index contributed by atoms with van der Waals surface area (Å²) in [5.74, 6) is -1.67. The zero-order chi connectivity index (χ0) is 13.3. The van der Waals surface area contributed by atoms with Crippen LogP contribution < -0.4 is 0 Å². The number of ether oxygens (including phenoxy) is 1. The standard InChI is InChI=1S/C13H22O4/c1-4-5-6-7-8-11(3)17-12(14)9-10(2)13(15)16/h11H,2,4-9H2,1,3H3,(H,15,16)/t11-/m0/s1. The monoisotopic (exact) mass is 242 g/mol. The molecule has 98 valence electrons. The molecule has 17 heavy (non-hydrogen) atoms. The minimum absolute atomic E-state index is 0.131. The highest BCUT2D eigenvalue weighted by Crippen LogP contribution is 2.10. The van der Waals surface area contributed by atoms with E-state index in [0.717, 1.165) is 19.3 Å². The van der Waals surface area contributed by atoms with Crippen molar-refractivity contribution in [2.24, 2.45) is 0 Å². The number of hydrogen-bond donors (Lipinski definition) is 1. The van der Waals surface area contributed by atoms with Gasteiger partial charge in [-0.1, -0.05) is 32.8 Å². The minimum Gasteiger partial charge on any atom is -0.478 e. The Kier molecular flexibility index (Phi) is 8.11. The van der Waals surface area contributed by atoms with Crippen LogP contribution in [-0.4, -0.2) is 23.1 Å². The summed E-state index contributed by atoms with van der Waals surface area (Å²) in [7, 11) is 0. The summed E-state index contributed by atoms with van der Waals surface area (Å²) in [6.45, 7) is 7.25. The molecule has 1 atom stereocenters. The molecule has 0 rings (SSSR count).